The van der Waals surface area contributed by atoms with Gasteiger partial charge in [-0.2, -0.15) is 4.98 Å². The molecule has 2 aromatic carbocycles. The zero-order valence-electron chi connectivity index (χ0n) is 15.2. The molecule has 1 saturated heterocycles. The number of carbonyl (C=O) groups is 1. The van der Waals surface area contributed by atoms with Crippen LogP contribution in [0.15, 0.2) is 41.3 Å². The summed E-state index contributed by atoms with van der Waals surface area (Å²) in [5, 5.41) is 0.330. The third kappa shape index (κ3) is 3.98. The van der Waals surface area contributed by atoms with Crippen molar-refractivity contribution in [3.05, 3.63) is 53.6 Å². The number of carbonyl (C=O) groups excluding carboxylic acids is 1. The number of hydrogen-bond donors (Lipinski definition) is 0. The lowest BCUT2D eigenvalue weighted by Gasteiger charge is -2.31. The van der Waals surface area contributed by atoms with Gasteiger partial charge in [0.05, 0.1) is 4.70 Å². The zero-order chi connectivity index (χ0) is 19.7. The highest BCUT2D eigenvalue weighted by atomic mass is 32.2. The summed E-state index contributed by atoms with van der Waals surface area (Å²) in [5.41, 5.74) is 0.809. The average Bonchev–Trinajstić information content (AvgIpc) is 3.11. The van der Waals surface area contributed by atoms with Crippen LogP contribution in [-0.4, -0.2) is 41.2 Å². The first-order chi connectivity index (χ1) is 13.5. The number of ether oxygens (including phenoxy) is 1. The molecule has 1 amide bonds. The first kappa shape index (κ1) is 19.1. The number of hydrogen-bond acceptors (Lipinski definition) is 5. The van der Waals surface area contributed by atoms with Crippen LogP contribution < -0.4 is 4.74 Å². The molecule has 1 aliphatic heterocycles. The fraction of sp³-hybridized carbons (Fsp3) is 0.300. The van der Waals surface area contributed by atoms with Crippen LogP contribution in [0.1, 0.15) is 23.2 Å². The molecule has 146 valence electrons. The Morgan fingerprint density at radius 3 is 2.61 bits per heavy atom. The smallest absolute Gasteiger partial charge is 0.274 e. The van der Waals surface area contributed by atoms with E-state index in [1.54, 1.807) is 11.8 Å². The molecule has 0 unspecified atom stereocenters. The lowest BCUT2D eigenvalue weighted by molar-refractivity contribution is 0.0595. The van der Waals surface area contributed by atoms with Crippen molar-refractivity contribution in [1.82, 2.24) is 9.88 Å². The average molecular weight is 421 g/mol. The molecule has 1 fully saturated rings. The first-order valence-electron chi connectivity index (χ1n) is 8.89. The van der Waals surface area contributed by atoms with Crippen LogP contribution in [0, 0.1) is 11.6 Å². The van der Waals surface area contributed by atoms with Gasteiger partial charge in [0.25, 0.3) is 11.1 Å². The van der Waals surface area contributed by atoms with Crippen molar-refractivity contribution in [2.75, 3.05) is 19.3 Å². The van der Waals surface area contributed by atoms with Crippen molar-refractivity contribution in [2.45, 2.75) is 23.8 Å². The molecular formula is C20H18F2N2O2S2. The van der Waals surface area contributed by atoms with Crippen molar-refractivity contribution >= 4 is 39.2 Å². The van der Waals surface area contributed by atoms with E-state index in [4.69, 9.17) is 4.74 Å². The lowest BCUT2D eigenvalue weighted by Crippen LogP contribution is -2.41. The number of thiazole rings is 1. The summed E-state index contributed by atoms with van der Waals surface area (Å²) in [6, 6.07) is 9.68. The van der Waals surface area contributed by atoms with Gasteiger partial charge in [0.15, 0.2) is 5.82 Å². The Balaban J connectivity index is 1.37. The Kier molecular flexibility index (Phi) is 5.50. The SMILES string of the molecule is CSc1ccc(C(=O)N2CCC(Oc3nc4c(F)cc(F)cc4s3)CC2)cc1. The molecule has 0 saturated carbocycles. The van der Waals surface area contributed by atoms with Gasteiger partial charge in [-0.1, -0.05) is 11.3 Å². The van der Waals surface area contributed by atoms with Gasteiger partial charge < -0.3 is 9.64 Å². The van der Waals surface area contributed by atoms with Crippen molar-refractivity contribution in [3.8, 4) is 5.19 Å². The van der Waals surface area contributed by atoms with Gasteiger partial charge in [-0.15, -0.1) is 11.8 Å². The van der Waals surface area contributed by atoms with Crippen molar-refractivity contribution in [2.24, 2.45) is 0 Å². The van der Waals surface area contributed by atoms with E-state index in [1.807, 2.05) is 35.4 Å². The monoisotopic (exact) mass is 420 g/mol. The van der Waals surface area contributed by atoms with Crippen LogP contribution in [0.5, 0.6) is 5.19 Å². The topological polar surface area (TPSA) is 42.4 Å². The minimum atomic E-state index is -0.686. The van der Waals surface area contributed by atoms with Gasteiger partial charge in [0.1, 0.15) is 17.4 Å². The molecule has 0 radical (unpaired) electrons. The summed E-state index contributed by atoms with van der Waals surface area (Å²) in [5.74, 6) is -1.30. The van der Waals surface area contributed by atoms with Crippen LogP contribution in [-0.2, 0) is 0 Å². The number of amides is 1. The van der Waals surface area contributed by atoms with Gasteiger partial charge in [-0.05, 0) is 36.6 Å². The molecule has 0 atom stereocenters. The van der Waals surface area contributed by atoms with E-state index in [2.05, 4.69) is 4.98 Å². The molecule has 0 N–H and O–H groups in total. The maximum Gasteiger partial charge on any atom is 0.274 e. The number of nitrogens with zero attached hydrogens (tertiary/aromatic N) is 2. The quantitative estimate of drug-likeness (QED) is 0.559. The Labute approximate surface area is 169 Å². The fourth-order valence-electron chi connectivity index (χ4n) is 3.22. The number of thioether (sulfide) groups is 1. The van der Waals surface area contributed by atoms with Crippen molar-refractivity contribution in [3.63, 3.8) is 0 Å². The van der Waals surface area contributed by atoms with E-state index in [0.717, 1.165) is 22.3 Å². The third-order valence-corrected chi connectivity index (χ3v) is 6.36. The van der Waals surface area contributed by atoms with Crippen LogP contribution in [0.25, 0.3) is 10.2 Å². The Hall–Kier alpha value is -2.19. The van der Waals surface area contributed by atoms with Crippen LogP contribution in [0.3, 0.4) is 0 Å². The number of piperidine rings is 1. The summed E-state index contributed by atoms with van der Waals surface area (Å²) < 4.78 is 33.4. The number of halogens is 2. The summed E-state index contributed by atoms with van der Waals surface area (Å²) in [6.45, 7) is 1.17. The maximum atomic E-state index is 13.8. The number of fused-ring (bicyclic) bond motifs is 1. The molecular weight excluding hydrogens is 402 g/mol. The third-order valence-electron chi connectivity index (χ3n) is 4.73. The standard InChI is InChI=1S/C20H18F2N2O2S2/c1-27-15-4-2-12(3-5-15)19(25)24-8-6-14(7-9-24)26-20-23-18-16(22)10-13(21)11-17(18)28-20/h2-5,10-11,14H,6-9H2,1H3. The number of benzene rings is 2. The lowest BCUT2D eigenvalue weighted by atomic mass is 10.1. The Morgan fingerprint density at radius 2 is 1.93 bits per heavy atom. The molecule has 0 aliphatic carbocycles. The minimum absolute atomic E-state index is 0.0173. The molecule has 4 nitrogen and oxygen atoms in total. The van der Waals surface area contributed by atoms with Crippen molar-refractivity contribution < 1.29 is 18.3 Å². The fourth-order valence-corrected chi connectivity index (χ4v) is 4.55. The predicted molar refractivity (Wildman–Crippen MR) is 107 cm³/mol. The first-order valence-corrected chi connectivity index (χ1v) is 10.9. The van der Waals surface area contributed by atoms with E-state index in [0.29, 0.717) is 41.4 Å². The number of rotatable bonds is 4. The molecule has 8 heteroatoms. The largest absolute Gasteiger partial charge is 0.467 e. The van der Waals surface area contributed by atoms with Crippen molar-refractivity contribution in [1.29, 1.82) is 0 Å². The minimum Gasteiger partial charge on any atom is -0.467 e. The Bertz CT molecular complexity index is 999. The second-order valence-electron chi connectivity index (χ2n) is 6.55. The highest BCUT2D eigenvalue weighted by Gasteiger charge is 2.25. The maximum absolute atomic E-state index is 13.8. The molecule has 0 bridgehead atoms. The van der Waals surface area contributed by atoms with E-state index in [-0.39, 0.29) is 17.5 Å². The molecule has 0 spiro atoms. The summed E-state index contributed by atoms with van der Waals surface area (Å²) in [6.07, 6.45) is 3.23. The highest BCUT2D eigenvalue weighted by molar-refractivity contribution is 7.98. The molecule has 28 heavy (non-hydrogen) atoms. The Morgan fingerprint density at radius 1 is 1.21 bits per heavy atom. The van der Waals surface area contributed by atoms with E-state index >= 15 is 0 Å². The highest BCUT2D eigenvalue weighted by Crippen LogP contribution is 2.32. The van der Waals surface area contributed by atoms with E-state index < -0.39 is 11.6 Å². The van der Waals surface area contributed by atoms with Crippen LogP contribution in [0.2, 0.25) is 0 Å². The molecule has 2 heterocycles. The predicted octanol–water partition coefficient (Wildman–Crippen LogP) is 4.98. The normalized spacial score (nSPS) is 15.2. The second-order valence-corrected chi connectivity index (χ2v) is 8.42. The van der Waals surface area contributed by atoms with Gasteiger partial charge in [-0.25, -0.2) is 8.78 Å². The molecule has 1 aromatic heterocycles. The van der Waals surface area contributed by atoms with Gasteiger partial charge >= 0.3 is 0 Å². The molecule has 4 rings (SSSR count). The van der Waals surface area contributed by atoms with Gasteiger partial charge in [-0.3, -0.25) is 4.79 Å². The number of aromatic nitrogens is 1. The number of likely N-dealkylation sites (tertiary alicyclic amines) is 1. The van der Waals surface area contributed by atoms with Gasteiger partial charge in [0, 0.05) is 42.5 Å². The van der Waals surface area contributed by atoms with Gasteiger partial charge in [0.2, 0.25) is 0 Å². The zero-order valence-corrected chi connectivity index (χ0v) is 16.8. The molecule has 1 aliphatic rings. The summed E-state index contributed by atoms with van der Waals surface area (Å²) in [4.78, 5) is 19.7. The molecule has 3 aromatic rings. The van der Waals surface area contributed by atoms with E-state index in [9.17, 15) is 13.6 Å². The second kappa shape index (κ2) is 8.05. The summed E-state index contributed by atoms with van der Waals surface area (Å²) in [7, 11) is 0. The summed E-state index contributed by atoms with van der Waals surface area (Å²) >= 11 is 2.77. The van der Waals surface area contributed by atoms with Crippen LogP contribution >= 0.6 is 23.1 Å². The van der Waals surface area contributed by atoms with E-state index in [1.165, 1.54) is 6.07 Å². The van der Waals surface area contributed by atoms with Crippen LogP contribution in [0.4, 0.5) is 8.78 Å².